The molecule has 2 rings (SSSR count). The van der Waals surface area contributed by atoms with E-state index in [2.05, 4.69) is 10.6 Å². The Bertz CT molecular complexity index is 961. The predicted octanol–water partition coefficient (Wildman–Crippen LogP) is 2.39. The van der Waals surface area contributed by atoms with Crippen molar-refractivity contribution in [1.82, 2.24) is 15.5 Å². The molecule has 0 heterocycles. The van der Waals surface area contributed by atoms with E-state index in [1.807, 2.05) is 30.3 Å². The third-order valence-electron chi connectivity index (χ3n) is 5.72. The minimum Gasteiger partial charge on any atom is -0.465 e. The zero-order chi connectivity index (χ0) is 25.5. The quantitative estimate of drug-likeness (QED) is 0.500. The maximum absolute atomic E-state index is 12.4. The summed E-state index contributed by atoms with van der Waals surface area (Å²) < 4.78 is 29.1. The van der Waals surface area contributed by atoms with Crippen LogP contribution in [0.1, 0.15) is 45.6 Å². The monoisotopic (exact) mass is 497 g/mol. The van der Waals surface area contributed by atoms with Crippen LogP contribution in [0.15, 0.2) is 30.3 Å². The van der Waals surface area contributed by atoms with Crippen molar-refractivity contribution in [1.29, 1.82) is 0 Å². The van der Waals surface area contributed by atoms with Crippen LogP contribution >= 0.6 is 0 Å². The van der Waals surface area contributed by atoms with Gasteiger partial charge in [0.05, 0.1) is 5.75 Å². The Morgan fingerprint density at radius 2 is 1.79 bits per heavy atom. The summed E-state index contributed by atoms with van der Waals surface area (Å²) in [7, 11) is -3.36. The van der Waals surface area contributed by atoms with Crippen LogP contribution in [0.4, 0.5) is 9.59 Å². The van der Waals surface area contributed by atoms with Gasteiger partial charge in [-0.1, -0.05) is 30.3 Å². The van der Waals surface area contributed by atoms with Gasteiger partial charge in [0.25, 0.3) is 0 Å². The van der Waals surface area contributed by atoms with E-state index in [4.69, 9.17) is 4.74 Å². The molecular weight excluding hydrogens is 462 g/mol. The average Bonchev–Trinajstić information content (AvgIpc) is 2.71. The van der Waals surface area contributed by atoms with Crippen molar-refractivity contribution in [3.05, 3.63) is 35.9 Å². The van der Waals surface area contributed by atoms with Crippen molar-refractivity contribution in [2.45, 2.75) is 64.3 Å². The zero-order valence-electron chi connectivity index (χ0n) is 20.1. The molecule has 1 fully saturated rings. The van der Waals surface area contributed by atoms with Crippen LogP contribution in [0.5, 0.6) is 0 Å². The second-order valence-corrected chi connectivity index (χ2v) is 11.9. The number of carbonyl (C=O) groups is 3. The Morgan fingerprint density at radius 1 is 1.15 bits per heavy atom. The first kappa shape index (κ1) is 27.4. The van der Waals surface area contributed by atoms with Crippen LogP contribution in [0.3, 0.4) is 0 Å². The van der Waals surface area contributed by atoms with E-state index in [9.17, 15) is 27.9 Å². The molecule has 1 aliphatic rings. The van der Waals surface area contributed by atoms with Gasteiger partial charge in [0, 0.05) is 23.9 Å². The molecule has 3 amide bonds. The Hall–Kier alpha value is -2.82. The SMILES string of the molecule is CC(C)(C)N(C(=O)O)C1CC[C@H](NC(=O)CNC(=O)OCc2ccccc2)[C@H](CS(C)(=O)=O)C1. The maximum Gasteiger partial charge on any atom is 0.407 e. The molecule has 190 valence electrons. The Morgan fingerprint density at radius 3 is 2.35 bits per heavy atom. The lowest BCUT2D eigenvalue weighted by molar-refractivity contribution is -0.121. The standard InChI is InChI=1S/C23H35N3O7S/c1-23(2,3)26(22(29)30)18-10-11-19(17(12-18)15-34(4,31)32)25-20(27)13-24-21(28)33-14-16-8-6-5-7-9-16/h5-9,17-19H,10-15H2,1-4H3,(H,24,28)(H,25,27)(H,29,30)/t17-,18?,19-/m0/s1. The average molecular weight is 498 g/mol. The Kier molecular flexibility index (Phi) is 9.31. The normalized spacial score (nSPS) is 20.8. The lowest BCUT2D eigenvalue weighted by atomic mass is 9.80. The van der Waals surface area contributed by atoms with Crippen LogP contribution in [0.2, 0.25) is 0 Å². The number of carbonyl (C=O) groups excluding carboxylic acids is 2. The summed E-state index contributed by atoms with van der Waals surface area (Å²) in [5.41, 5.74) is 0.167. The molecule has 1 aliphatic carbocycles. The molecule has 0 radical (unpaired) electrons. The number of amides is 3. The number of benzene rings is 1. The number of nitrogens with one attached hydrogen (secondary N) is 2. The van der Waals surface area contributed by atoms with Crippen LogP contribution in [0.25, 0.3) is 0 Å². The fourth-order valence-corrected chi connectivity index (χ4v) is 5.56. The van der Waals surface area contributed by atoms with Crippen molar-refractivity contribution in [2.75, 3.05) is 18.6 Å². The zero-order valence-corrected chi connectivity index (χ0v) is 20.9. The number of hydrogen-bond donors (Lipinski definition) is 3. The van der Waals surface area contributed by atoms with Gasteiger partial charge in [-0.2, -0.15) is 0 Å². The molecule has 34 heavy (non-hydrogen) atoms. The summed E-state index contributed by atoms with van der Waals surface area (Å²) >= 11 is 0. The molecule has 1 aromatic rings. The van der Waals surface area contributed by atoms with E-state index in [1.54, 1.807) is 20.8 Å². The summed E-state index contributed by atoms with van der Waals surface area (Å²) in [4.78, 5) is 37.6. The Balaban J connectivity index is 1.95. The van der Waals surface area contributed by atoms with E-state index >= 15 is 0 Å². The highest BCUT2D eigenvalue weighted by Gasteiger charge is 2.40. The second kappa shape index (κ2) is 11.5. The van der Waals surface area contributed by atoms with Crippen molar-refractivity contribution in [3.8, 4) is 0 Å². The van der Waals surface area contributed by atoms with E-state index in [1.165, 1.54) is 4.90 Å². The van der Waals surface area contributed by atoms with Gasteiger partial charge in [0.2, 0.25) is 5.91 Å². The van der Waals surface area contributed by atoms with E-state index in [0.717, 1.165) is 11.8 Å². The summed E-state index contributed by atoms with van der Waals surface area (Å²) in [5, 5.41) is 14.9. The highest BCUT2D eigenvalue weighted by Crippen LogP contribution is 2.33. The molecule has 11 heteroatoms. The number of carboxylic acid groups (broad SMARTS) is 1. The Labute approximate surface area is 201 Å². The van der Waals surface area contributed by atoms with Gasteiger partial charge in [0.15, 0.2) is 0 Å². The minimum absolute atomic E-state index is 0.0720. The number of nitrogens with zero attached hydrogens (tertiary/aromatic N) is 1. The molecule has 3 N–H and O–H groups in total. The van der Waals surface area contributed by atoms with Gasteiger partial charge < -0.3 is 25.4 Å². The molecular formula is C23H35N3O7S. The van der Waals surface area contributed by atoms with E-state index in [0.29, 0.717) is 19.3 Å². The second-order valence-electron chi connectivity index (χ2n) is 9.73. The lowest BCUT2D eigenvalue weighted by Gasteiger charge is -2.45. The molecule has 1 aromatic carbocycles. The molecule has 0 aromatic heterocycles. The van der Waals surface area contributed by atoms with Crippen molar-refractivity contribution < 1.29 is 32.6 Å². The third kappa shape index (κ3) is 8.85. The number of sulfone groups is 1. The molecule has 3 atom stereocenters. The summed E-state index contributed by atoms with van der Waals surface area (Å²) in [6.07, 6.45) is 0.553. The first-order valence-electron chi connectivity index (χ1n) is 11.2. The summed E-state index contributed by atoms with van der Waals surface area (Å²) in [6, 6.07) is 8.30. The topological polar surface area (TPSA) is 142 Å². The predicted molar refractivity (Wildman–Crippen MR) is 127 cm³/mol. The van der Waals surface area contributed by atoms with E-state index in [-0.39, 0.29) is 24.9 Å². The fourth-order valence-electron chi connectivity index (χ4n) is 4.41. The number of rotatable bonds is 8. The number of ether oxygens (including phenoxy) is 1. The molecule has 0 aliphatic heterocycles. The highest BCUT2D eigenvalue weighted by atomic mass is 32.2. The van der Waals surface area contributed by atoms with Gasteiger partial charge in [0.1, 0.15) is 23.0 Å². The van der Waals surface area contributed by atoms with Crippen LogP contribution < -0.4 is 10.6 Å². The molecule has 10 nitrogen and oxygen atoms in total. The summed E-state index contributed by atoms with van der Waals surface area (Å²) in [5.74, 6) is -1.09. The van der Waals surface area contributed by atoms with Crippen molar-refractivity contribution in [2.24, 2.45) is 5.92 Å². The van der Waals surface area contributed by atoms with Crippen LogP contribution in [-0.4, -0.2) is 72.7 Å². The molecule has 0 spiro atoms. The maximum atomic E-state index is 12.4. The highest BCUT2D eigenvalue weighted by molar-refractivity contribution is 7.90. The minimum atomic E-state index is -3.36. The first-order valence-corrected chi connectivity index (χ1v) is 13.3. The molecule has 1 unspecified atom stereocenters. The summed E-state index contributed by atoms with van der Waals surface area (Å²) in [6.45, 7) is 5.14. The van der Waals surface area contributed by atoms with Crippen molar-refractivity contribution in [3.63, 3.8) is 0 Å². The molecule has 0 bridgehead atoms. The van der Waals surface area contributed by atoms with Gasteiger partial charge in [-0.15, -0.1) is 0 Å². The lowest BCUT2D eigenvalue weighted by Crippen LogP contribution is -2.57. The van der Waals surface area contributed by atoms with E-state index < -0.39 is 45.4 Å². The number of hydrogen-bond acceptors (Lipinski definition) is 6. The van der Waals surface area contributed by atoms with Gasteiger partial charge >= 0.3 is 12.2 Å². The smallest absolute Gasteiger partial charge is 0.407 e. The largest absolute Gasteiger partial charge is 0.465 e. The van der Waals surface area contributed by atoms with Gasteiger partial charge in [-0.25, -0.2) is 18.0 Å². The van der Waals surface area contributed by atoms with Gasteiger partial charge in [-0.3, -0.25) is 4.79 Å². The van der Waals surface area contributed by atoms with Gasteiger partial charge in [-0.05, 0) is 51.5 Å². The molecule has 0 saturated heterocycles. The fraction of sp³-hybridized carbons (Fsp3) is 0.609. The van der Waals surface area contributed by atoms with Crippen molar-refractivity contribution >= 4 is 27.9 Å². The third-order valence-corrected chi connectivity index (χ3v) is 6.75. The first-order chi connectivity index (χ1) is 15.8. The van der Waals surface area contributed by atoms with Crippen LogP contribution in [-0.2, 0) is 26.0 Å². The van der Waals surface area contributed by atoms with Crippen LogP contribution in [0, 0.1) is 5.92 Å². The number of alkyl carbamates (subject to hydrolysis) is 1. The molecule has 1 saturated carbocycles.